The van der Waals surface area contributed by atoms with Gasteiger partial charge < -0.3 is 9.64 Å². The van der Waals surface area contributed by atoms with E-state index in [1.807, 2.05) is 38.7 Å². The third-order valence-corrected chi connectivity index (χ3v) is 4.08. The van der Waals surface area contributed by atoms with Gasteiger partial charge in [0.15, 0.2) is 0 Å². The third-order valence-electron chi connectivity index (χ3n) is 3.77. The fraction of sp³-hybridized carbons (Fsp3) is 0.556. The van der Waals surface area contributed by atoms with Crippen molar-refractivity contribution in [1.29, 1.82) is 5.26 Å². The van der Waals surface area contributed by atoms with Crippen LogP contribution in [0.25, 0.3) is 0 Å². The largest absolute Gasteiger partial charge is 0.458 e. The Bertz CT molecular complexity index is 627. The number of carbonyl (C=O) groups excluding carboxylic acids is 1. The van der Waals surface area contributed by atoms with Crippen LogP contribution in [0.3, 0.4) is 0 Å². The predicted molar refractivity (Wildman–Crippen MR) is 91.5 cm³/mol. The summed E-state index contributed by atoms with van der Waals surface area (Å²) >= 11 is 6.15. The number of nitrogens with zero attached hydrogens (tertiary/aromatic N) is 2. The SMILES string of the molecule is CC(C(=O)OC(C)(C)C)N(CC1CC1)c1ccc(C#N)c(Cl)c1. The summed E-state index contributed by atoms with van der Waals surface area (Å²) in [6, 6.07) is 6.94. The third kappa shape index (κ3) is 4.87. The molecule has 1 aliphatic carbocycles. The highest BCUT2D eigenvalue weighted by Gasteiger charge is 2.32. The Kier molecular flexibility index (Phi) is 5.21. The van der Waals surface area contributed by atoms with Crippen molar-refractivity contribution in [3.63, 3.8) is 0 Å². The van der Waals surface area contributed by atoms with Crippen LogP contribution in [0.1, 0.15) is 46.1 Å². The highest BCUT2D eigenvalue weighted by molar-refractivity contribution is 6.32. The Morgan fingerprint density at radius 2 is 2.13 bits per heavy atom. The van der Waals surface area contributed by atoms with Gasteiger partial charge in [-0.25, -0.2) is 4.79 Å². The summed E-state index contributed by atoms with van der Waals surface area (Å²) in [4.78, 5) is 14.5. The van der Waals surface area contributed by atoms with Crippen LogP contribution < -0.4 is 4.90 Å². The summed E-state index contributed by atoms with van der Waals surface area (Å²) in [5.74, 6) is 0.355. The number of benzene rings is 1. The van der Waals surface area contributed by atoms with Gasteiger partial charge >= 0.3 is 5.97 Å². The number of hydrogen-bond donors (Lipinski definition) is 0. The molecule has 1 atom stereocenters. The molecule has 1 aromatic carbocycles. The van der Waals surface area contributed by atoms with E-state index < -0.39 is 11.6 Å². The van der Waals surface area contributed by atoms with E-state index in [1.165, 1.54) is 12.8 Å². The zero-order valence-corrected chi connectivity index (χ0v) is 14.9. The molecule has 0 aliphatic heterocycles. The first-order chi connectivity index (χ1) is 10.7. The molecule has 1 fully saturated rings. The number of halogens is 1. The van der Waals surface area contributed by atoms with Gasteiger partial charge in [-0.05, 0) is 64.7 Å². The molecule has 0 amide bonds. The molecule has 5 heteroatoms. The van der Waals surface area contributed by atoms with E-state index in [4.69, 9.17) is 21.6 Å². The van der Waals surface area contributed by atoms with Gasteiger partial charge in [0.05, 0.1) is 10.6 Å². The van der Waals surface area contributed by atoms with E-state index >= 15 is 0 Å². The number of esters is 1. The van der Waals surface area contributed by atoms with Crippen LogP contribution in [0.2, 0.25) is 5.02 Å². The second-order valence-corrected chi connectivity index (χ2v) is 7.49. The van der Waals surface area contributed by atoms with Crippen molar-refractivity contribution >= 4 is 23.3 Å². The summed E-state index contributed by atoms with van der Waals surface area (Å²) in [6.45, 7) is 8.23. The molecule has 23 heavy (non-hydrogen) atoms. The molecule has 2 rings (SSSR count). The van der Waals surface area contributed by atoms with Crippen LogP contribution in [-0.2, 0) is 9.53 Å². The summed E-state index contributed by atoms with van der Waals surface area (Å²) < 4.78 is 5.51. The van der Waals surface area contributed by atoms with Crippen LogP contribution in [0.4, 0.5) is 5.69 Å². The van der Waals surface area contributed by atoms with Crippen molar-refractivity contribution in [1.82, 2.24) is 0 Å². The summed E-state index contributed by atoms with van der Waals surface area (Å²) in [5, 5.41) is 9.41. The maximum absolute atomic E-state index is 12.4. The van der Waals surface area contributed by atoms with Gasteiger partial charge in [0.1, 0.15) is 17.7 Å². The van der Waals surface area contributed by atoms with E-state index in [0.717, 1.165) is 12.2 Å². The molecule has 1 saturated carbocycles. The first-order valence-electron chi connectivity index (χ1n) is 7.90. The zero-order valence-electron chi connectivity index (χ0n) is 14.1. The standard InChI is InChI=1S/C18H23ClN2O2/c1-12(17(22)23-18(2,3)4)21(11-13-5-6-13)15-8-7-14(10-20)16(19)9-15/h7-9,12-13H,5-6,11H2,1-4H3. The van der Waals surface area contributed by atoms with E-state index in [0.29, 0.717) is 16.5 Å². The molecule has 0 radical (unpaired) electrons. The summed E-state index contributed by atoms with van der Waals surface area (Å²) in [7, 11) is 0. The maximum atomic E-state index is 12.4. The molecular formula is C18H23ClN2O2. The van der Waals surface area contributed by atoms with Crippen molar-refractivity contribution < 1.29 is 9.53 Å². The molecule has 0 bridgehead atoms. The molecule has 4 nitrogen and oxygen atoms in total. The van der Waals surface area contributed by atoms with Gasteiger partial charge in [0, 0.05) is 12.2 Å². The molecule has 0 N–H and O–H groups in total. The van der Waals surface area contributed by atoms with Gasteiger partial charge in [-0.15, -0.1) is 0 Å². The van der Waals surface area contributed by atoms with Gasteiger partial charge in [0.2, 0.25) is 0 Å². The quantitative estimate of drug-likeness (QED) is 0.759. The Labute approximate surface area is 143 Å². The van der Waals surface area contributed by atoms with Gasteiger partial charge in [-0.1, -0.05) is 11.6 Å². The lowest BCUT2D eigenvalue weighted by Gasteiger charge is -2.32. The first-order valence-corrected chi connectivity index (χ1v) is 8.28. The Morgan fingerprint density at radius 3 is 2.61 bits per heavy atom. The number of rotatable bonds is 5. The molecule has 1 aromatic rings. The molecular weight excluding hydrogens is 312 g/mol. The minimum absolute atomic E-state index is 0.251. The number of ether oxygens (including phenoxy) is 1. The number of carbonyl (C=O) groups is 1. The first kappa shape index (κ1) is 17.6. The Morgan fingerprint density at radius 1 is 1.48 bits per heavy atom. The minimum Gasteiger partial charge on any atom is -0.458 e. The second-order valence-electron chi connectivity index (χ2n) is 7.08. The maximum Gasteiger partial charge on any atom is 0.328 e. The Hall–Kier alpha value is -1.73. The van der Waals surface area contributed by atoms with Crippen molar-refractivity contribution in [3.8, 4) is 6.07 Å². The Balaban J connectivity index is 2.24. The topological polar surface area (TPSA) is 53.3 Å². The summed E-state index contributed by atoms with van der Waals surface area (Å²) in [6.07, 6.45) is 2.36. The van der Waals surface area contributed by atoms with E-state index in [1.54, 1.807) is 12.1 Å². The smallest absolute Gasteiger partial charge is 0.328 e. The van der Waals surface area contributed by atoms with Crippen molar-refractivity contribution in [3.05, 3.63) is 28.8 Å². The van der Waals surface area contributed by atoms with Crippen LogP contribution in [0, 0.1) is 17.2 Å². The minimum atomic E-state index is -0.515. The monoisotopic (exact) mass is 334 g/mol. The van der Waals surface area contributed by atoms with Crippen molar-refractivity contribution in [2.24, 2.45) is 5.92 Å². The number of hydrogen-bond acceptors (Lipinski definition) is 4. The average molecular weight is 335 g/mol. The van der Waals surface area contributed by atoms with Gasteiger partial charge in [0.25, 0.3) is 0 Å². The molecule has 0 saturated heterocycles. The van der Waals surface area contributed by atoms with Crippen molar-refractivity contribution in [2.75, 3.05) is 11.4 Å². The lowest BCUT2D eigenvalue weighted by molar-refractivity contribution is -0.156. The molecule has 1 unspecified atom stereocenters. The highest BCUT2D eigenvalue weighted by atomic mass is 35.5. The second kappa shape index (κ2) is 6.80. The molecule has 1 aliphatic rings. The van der Waals surface area contributed by atoms with Gasteiger partial charge in [-0.2, -0.15) is 5.26 Å². The zero-order chi connectivity index (χ0) is 17.2. The van der Waals surface area contributed by atoms with E-state index in [9.17, 15) is 4.79 Å². The normalized spacial score (nSPS) is 15.7. The van der Waals surface area contributed by atoms with Crippen LogP contribution in [0.5, 0.6) is 0 Å². The highest BCUT2D eigenvalue weighted by Crippen LogP contribution is 2.34. The van der Waals surface area contributed by atoms with Crippen LogP contribution in [0.15, 0.2) is 18.2 Å². The average Bonchev–Trinajstić information content (AvgIpc) is 3.26. The van der Waals surface area contributed by atoms with Crippen molar-refractivity contribution in [2.45, 2.75) is 52.2 Å². The fourth-order valence-electron chi connectivity index (χ4n) is 2.35. The number of anilines is 1. The predicted octanol–water partition coefficient (Wildman–Crippen LogP) is 4.16. The fourth-order valence-corrected chi connectivity index (χ4v) is 2.57. The lowest BCUT2D eigenvalue weighted by atomic mass is 10.1. The number of nitriles is 1. The molecule has 0 aromatic heterocycles. The molecule has 124 valence electrons. The van der Waals surface area contributed by atoms with Gasteiger partial charge in [-0.3, -0.25) is 0 Å². The lowest BCUT2D eigenvalue weighted by Crippen LogP contribution is -2.43. The van der Waals surface area contributed by atoms with Crippen LogP contribution in [-0.4, -0.2) is 24.2 Å². The summed E-state index contributed by atoms with van der Waals surface area (Å²) in [5.41, 5.74) is 0.768. The van der Waals surface area contributed by atoms with E-state index in [2.05, 4.69) is 6.07 Å². The van der Waals surface area contributed by atoms with Crippen LogP contribution >= 0.6 is 11.6 Å². The van der Waals surface area contributed by atoms with E-state index in [-0.39, 0.29) is 5.97 Å². The molecule has 0 spiro atoms. The molecule has 0 heterocycles.